The van der Waals surface area contributed by atoms with Crippen LogP contribution in [0.5, 0.6) is 0 Å². The molecule has 4 saturated heterocycles. The van der Waals surface area contributed by atoms with Crippen molar-refractivity contribution in [2.75, 3.05) is 31.9 Å². The molecule has 7 rings (SSSR count). The maximum Gasteiger partial charge on any atom is 0.233 e. The van der Waals surface area contributed by atoms with Gasteiger partial charge in [-0.25, -0.2) is 0 Å². The van der Waals surface area contributed by atoms with Gasteiger partial charge in [0.25, 0.3) is 0 Å². The molecule has 4 fully saturated rings. The summed E-state index contributed by atoms with van der Waals surface area (Å²) < 4.78 is 0. The SMILES string of the molecule is CC1(C)CC(Nc2nc(Nc3ccc(Nc4nc(NC5CC(C)(C)N(O)C(C)(C)C5)nc(NC5CC(C)(C)N(O)C(C)(C)C5)n4)cc3)nc(NC3CC(C)(C)N(O)C(C)(C)C3)n2)CC(C)(C)N1O. The van der Waals surface area contributed by atoms with Crippen LogP contribution in [-0.4, -0.2) is 139 Å². The maximum absolute atomic E-state index is 11.0. The molecule has 0 aliphatic carbocycles. The molecule has 3 aromatic rings. The average molecular weight is 947 g/mol. The molecule has 0 amide bonds. The smallest absolute Gasteiger partial charge is 0.233 e. The fourth-order valence-electron chi connectivity index (χ4n) is 12.2. The zero-order valence-electron chi connectivity index (χ0n) is 43.5. The third-order valence-corrected chi connectivity index (χ3v) is 14.6. The van der Waals surface area contributed by atoms with Crippen LogP contribution in [0.15, 0.2) is 24.3 Å². The lowest BCUT2D eigenvalue weighted by Crippen LogP contribution is -2.61. The van der Waals surface area contributed by atoms with Gasteiger partial charge < -0.3 is 52.7 Å². The third-order valence-electron chi connectivity index (χ3n) is 14.6. The molecule has 2 aromatic heterocycles. The van der Waals surface area contributed by atoms with Crippen LogP contribution in [0.25, 0.3) is 0 Å². The molecule has 0 bridgehead atoms. The molecule has 68 heavy (non-hydrogen) atoms. The topological polar surface area (TPSA) is 243 Å². The molecule has 0 radical (unpaired) electrons. The van der Waals surface area contributed by atoms with Crippen molar-refractivity contribution >= 4 is 47.1 Å². The Bertz CT molecular complexity index is 1910. The zero-order chi connectivity index (χ0) is 50.2. The molecule has 378 valence electrons. The Morgan fingerprint density at radius 2 is 0.485 bits per heavy atom. The van der Waals surface area contributed by atoms with Gasteiger partial charge in [0.1, 0.15) is 0 Å². The summed E-state index contributed by atoms with van der Waals surface area (Å²) in [5.74, 6) is 2.35. The van der Waals surface area contributed by atoms with Crippen molar-refractivity contribution in [1.29, 1.82) is 0 Å². The number of nitrogens with one attached hydrogen (secondary N) is 6. The molecule has 1 aromatic carbocycles. The first-order chi connectivity index (χ1) is 31.1. The molecule has 4 aliphatic heterocycles. The van der Waals surface area contributed by atoms with Crippen molar-refractivity contribution in [3.05, 3.63) is 24.3 Å². The summed E-state index contributed by atoms with van der Waals surface area (Å²) in [6, 6.07) is 7.63. The molecule has 4 aliphatic rings. The quantitative estimate of drug-likeness (QED) is 0.0815. The molecule has 0 spiro atoms. The Morgan fingerprint density at radius 1 is 0.324 bits per heavy atom. The van der Waals surface area contributed by atoms with E-state index in [1.165, 1.54) is 20.3 Å². The highest BCUT2D eigenvalue weighted by Crippen LogP contribution is 2.42. The number of hydrogen-bond donors (Lipinski definition) is 10. The van der Waals surface area contributed by atoms with E-state index in [0.29, 0.717) is 87.1 Å². The number of hydrogen-bond acceptors (Lipinski definition) is 20. The van der Waals surface area contributed by atoms with Crippen LogP contribution in [0.4, 0.5) is 47.1 Å². The second-order valence-corrected chi connectivity index (χ2v) is 25.2. The minimum Gasteiger partial charge on any atom is -0.351 e. The van der Waals surface area contributed by atoms with E-state index in [9.17, 15) is 20.8 Å². The normalized spacial score (nSPS) is 25.4. The Hall–Kier alpha value is -4.28. The minimum absolute atomic E-state index is 0.0197. The number of piperidine rings is 4. The lowest BCUT2D eigenvalue weighted by atomic mass is 9.79. The molecule has 10 N–H and O–H groups in total. The maximum atomic E-state index is 11.0. The van der Waals surface area contributed by atoms with Gasteiger partial charge in [0, 0.05) is 79.9 Å². The third kappa shape index (κ3) is 11.3. The molecule has 0 atom stereocenters. The Balaban J connectivity index is 1.13. The molecular formula is C48H82N16O4. The summed E-state index contributed by atoms with van der Waals surface area (Å²) in [5.41, 5.74) is -2.32. The molecule has 0 unspecified atom stereocenters. The summed E-state index contributed by atoms with van der Waals surface area (Å²) in [5, 5.41) is 70.9. The molecule has 20 heteroatoms. The summed E-state index contributed by atoms with van der Waals surface area (Å²) in [6.45, 7) is 32.5. The molecule has 0 saturated carbocycles. The lowest BCUT2D eigenvalue weighted by molar-refractivity contribution is -0.243. The number of benzene rings is 1. The van der Waals surface area contributed by atoms with Crippen LogP contribution in [0, 0.1) is 0 Å². The molecular weight excluding hydrogens is 865 g/mol. The predicted molar refractivity (Wildman–Crippen MR) is 266 cm³/mol. The van der Waals surface area contributed by atoms with Gasteiger partial charge in [-0.2, -0.15) is 50.2 Å². The van der Waals surface area contributed by atoms with Crippen LogP contribution in [-0.2, 0) is 0 Å². The highest BCUT2D eigenvalue weighted by atomic mass is 16.5. The van der Waals surface area contributed by atoms with E-state index in [-0.39, 0.29) is 24.2 Å². The predicted octanol–water partition coefficient (Wildman–Crippen LogP) is 8.83. The standard InChI is InChI=1S/C48H82N16O4/c1-41(2)21-31(22-42(3,4)61(41)65)51-37-55-35(56-38(59-37)52-32-23-43(5,6)62(66)44(7,8)24-32)49-29-17-19-30(20-18-29)50-36-57-39(53-33-25-45(9,10)63(67)46(11,12)26-33)60-40(58-36)54-34-27-47(13,14)64(68)48(15,16)28-34/h17-20,31-34,65-68H,21-28H2,1-16H3,(H3,49,51,52,55,56,59)(H3,50,53,54,57,58,60). The van der Waals surface area contributed by atoms with E-state index in [1.807, 2.05) is 135 Å². The van der Waals surface area contributed by atoms with Crippen LogP contribution in [0.1, 0.15) is 162 Å². The van der Waals surface area contributed by atoms with E-state index in [4.69, 9.17) is 29.9 Å². The van der Waals surface area contributed by atoms with Gasteiger partial charge in [0.05, 0.1) is 0 Å². The van der Waals surface area contributed by atoms with E-state index < -0.39 is 44.3 Å². The van der Waals surface area contributed by atoms with Gasteiger partial charge in [-0.1, -0.05) is 0 Å². The summed E-state index contributed by atoms with van der Waals surface area (Å²) >= 11 is 0. The van der Waals surface area contributed by atoms with Crippen molar-refractivity contribution in [2.45, 2.75) is 231 Å². The van der Waals surface area contributed by atoms with Gasteiger partial charge in [0.2, 0.25) is 35.7 Å². The van der Waals surface area contributed by atoms with Gasteiger partial charge in [-0.05, 0) is 186 Å². The molecule has 6 heterocycles. The van der Waals surface area contributed by atoms with Crippen LogP contribution in [0.2, 0.25) is 0 Å². The fourth-order valence-corrected chi connectivity index (χ4v) is 12.2. The van der Waals surface area contributed by atoms with Crippen LogP contribution in [0.3, 0.4) is 0 Å². The lowest BCUT2D eigenvalue weighted by Gasteiger charge is -2.51. The number of nitrogens with zero attached hydrogens (tertiary/aromatic N) is 10. The Kier molecular flexibility index (Phi) is 13.5. The van der Waals surface area contributed by atoms with Crippen molar-refractivity contribution in [3.8, 4) is 0 Å². The van der Waals surface area contributed by atoms with Crippen molar-refractivity contribution in [1.82, 2.24) is 50.2 Å². The first-order valence-corrected chi connectivity index (χ1v) is 24.3. The summed E-state index contributed by atoms with van der Waals surface area (Å²) in [6.07, 6.45) is 5.37. The zero-order valence-corrected chi connectivity index (χ0v) is 43.5. The Labute approximate surface area is 403 Å². The first-order valence-electron chi connectivity index (χ1n) is 24.3. The van der Waals surface area contributed by atoms with Gasteiger partial charge >= 0.3 is 0 Å². The van der Waals surface area contributed by atoms with Crippen LogP contribution >= 0.6 is 0 Å². The van der Waals surface area contributed by atoms with E-state index in [1.54, 1.807) is 0 Å². The second-order valence-electron chi connectivity index (χ2n) is 25.2. The largest absolute Gasteiger partial charge is 0.351 e. The van der Waals surface area contributed by atoms with Crippen molar-refractivity contribution in [3.63, 3.8) is 0 Å². The van der Waals surface area contributed by atoms with Gasteiger partial charge in [0.15, 0.2) is 0 Å². The highest BCUT2D eigenvalue weighted by Gasteiger charge is 2.49. The van der Waals surface area contributed by atoms with Gasteiger partial charge in [-0.3, -0.25) is 0 Å². The van der Waals surface area contributed by atoms with Crippen LogP contribution < -0.4 is 31.9 Å². The monoisotopic (exact) mass is 947 g/mol. The Morgan fingerprint density at radius 3 is 0.662 bits per heavy atom. The molecule has 20 nitrogen and oxygen atoms in total. The van der Waals surface area contributed by atoms with Crippen molar-refractivity contribution < 1.29 is 20.8 Å². The fraction of sp³-hybridized carbons (Fsp3) is 0.750. The van der Waals surface area contributed by atoms with E-state index in [2.05, 4.69) is 31.9 Å². The number of anilines is 8. The van der Waals surface area contributed by atoms with Gasteiger partial charge in [-0.15, -0.1) is 0 Å². The number of hydroxylamine groups is 8. The number of rotatable bonds is 12. The highest BCUT2D eigenvalue weighted by molar-refractivity contribution is 5.63. The summed E-state index contributed by atoms with van der Waals surface area (Å²) in [7, 11) is 0. The van der Waals surface area contributed by atoms with E-state index >= 15 is 0 Å². The summed E-state index contributed by atoms with van der Waals surface area (Å²) in [4.78, 5) is 29.1. The minimum atomic E-state index is -0.475. The second kappa shape index (κ2) is 17.8. The average Bonchev–Trinajstić information content (AvgIpc) is 3.17. The first kappa shape index (κ1) is 51.6. The van der Waals surface area contributed by atoms with Crippen molar-refractivity contribution in [2.24, 2.45) is 0 Å². The number of aromatic nitrogens is 6. The van der Waals surface area contributed by atoms with E-state index in [0.717, 1.165) is 11.4 Å².